The highest BCUT2D eigenvalue weighted by Crippen LogP contribution is 2.20. The molecule has 8 heteroatoms. The maximum Gasteiger partial charge on any atom is 0.397 e. The van der Waals surface area contributed by atoms with Crippen LogP contribution in [0.25, 0.3) is 0 Å². The molecule has 0 amide bonds. The van der Waals surface area contributed by atoms with Crippen molar-refractivity contribution >= 4 is 17.7 Å². The summed E-state index contributed by atoms with van der Waals surface area (Å²) in [6, 6.07) is 0. The number of thioether (sulfide) groups is 1. The monoisotopic (exact) mass is 285 g/mol. The van der Waals surface area contributed by atoms with Gasteiger partial charge >= 0.3 is 6.18 Å². The molecule has 1 unspecified atom stereocenters. The lowest BCUT2D eigenvalue weighted by Gasteiger charge is -2.31. The van der Waals surface area contributed by atoms with Gasteiger partial charge in [-0.2, -0.15) is 24.9 Å². The van der Waals surface area contributed by atoms with Crippen LogP contribution >= 0.6 is 11.8 Å². The molecule has 1 saturated heterocycles. The molecule has 106 valence electrons. The zero-order valence-electron chi connectivity index (χ0n) is 10.2. The quantitative estimate of drug-likeness (QED) is 0.481. The van der Waals surface area contributed by atoms with Crippen molar-refractivity contribution in [3.63, 3.8) is 0 Å². The van der Waals surface area contributed by atoms with Gasteiger partial charge in [0.25, 0.3) is 0 Å². The van der Waals surface area contributed by atoms with E-state index in [1.165, 1.54) is 0 Å². The van der Waals surface area contributed by atoms with Crippen molar-refractivity contribution in [1.82, 2.24) is 4.90 Å². The number of ether oxygens (including phenoxy) is 1. The normalized spacial score (nSPS) is 22.3. The fraction of sp³-hybridized carbons (Fsp3) is 0.900. The lowest BCUT2D eigenvalue weighted by molar-refractivity contribution is -0.105. The lowest BCUT2D eigenvalue weighted by Crippen LogP contribution is -2.48. The minimum atomic E-state index is -4.11. The number of nitrogens with two attached hydrogens (primary N) is 1. The molecule has 0 bridgehead atoms. The van der Waals surface area contributed by atoms with Gasteiger partial charge < -0.3 is 15.4 Å². The molecule has 0 aromatic rings. The number of aliphatic imine (C=N–C) groups is 1. The maximum absolute atomic E-state index is 11.9. The number of rotatable bonds is 4. The summed E-state index contributed by atoms with van der Waals surface area (Å²) in [6.45, 7) is 4.19. The largest absolute Gasteiger partial charge is 0.397 e. The smallest absolute Gasteiger partial charge is 0.375 e. The van der Waals surface area contributed by atoms with Crippen LogP contribution in [0.1, 0.15) is 6.92 Å². The Morgan fingerprint density at radius 3 is 2.89 bits per heavy atom. The summed E-state index contributed by atoms with van der Waals surface area (Å²) in [6.07, 6.45) is -4.01. The van der Waals surface area contributed by atoms with Gasteiger partial charge in [0.15, 0.2) is 5.96 Å². The predicted octanol–water partition coefficient (Wildman–Crippen LogP) is 1.32. The van der Waals surface area contributed by atoms with Gasteiger partial charge in [-0.1, -0.05) is 0 Å². The molecular formula is C10H18F3N3OS. The van der Waals surface area contributed by atoms with E-state index >= 15 is 0 Å². The molecule has 0 aliphatic carbocycles. The van der Waals surface area contributed by atoms with Gasteiger partial charge in [-0.25, -0.2) is 0 Å². The minimum absolute atomic E-state index is 0.104. The number of alkyl halides is 3. The zero-order valence-corrected chi connectivity index (χ0v) is 11.1. The number of halogens is 3. The van der Waals surface area contributed by atoms with E-state index < -0.39 is 11.9 Å². The van der Waals surface area contributed by atoms with Gasteiger partial charge in [-0.05, 0) is 6.92 Å². The van der Waals surface area contributed by atoms with E-state index in [4.69, 9.17) is 10.5 Å². The van der Waals surface area contributed by atoms with Gasteiger partial charge in [0.1, 0.15) is 0 Å². The predicted molar refractivity (Wildman–Crippen MR) is 66.9 cm³/mol. The molecule has 0 spiro atoms. The van der Waals surface area contributed by atoms with E-state index in [-0.39, 0.29) is 6.10 Å². The van der Waals surface area contributed by atoms with Crippen molar-refractivity contribution in [2.75, 3.05) is 37.7 Å². The molecule has 4 nitrogen and oxygen atoms in total. The second-order valence-electron chi connectivity index (χ2n) is 4.04. The second-order valence-corrected chi connectivity index (χ2v) is 5.14. The van der Waals surface area contributed by atoms with Gasteiger partial charge in [0.05, 0.1) is 25.0 Å². The highest BCUT2D eigenvalue weighted by molar-refractivity contribution is 7.99. The Labute approximate surface area is 109 Å². The van der Waals surface area contributed by atoms with Crippen LogP contribution in [0.15, 0.2) is 4.99 Å². The second kappa shape index (κ2) is 7.08. The Morgan fingerprint density at radius 1 is 1.56 bits per heavy atom. The van der Waals surface area contributed by atoms with Crippen LogP contribution in [-0.4, -0.2) is 60.9 Å². The Bertz CT molecular complexity index is 286. The molecule has 1 rings (SSSR count). The first-order valence-corrected chi connectivity index (χ1v) is 6.85. The molecule has 2 N–H and O–H groups in total. The van der Waals surface area contributed by atoms with Crippen LogP contribution < -0.4 is 5.73 Å². The summed E-state index contributed by atoms with van der Waals surface area (Å²) < 4.78 is 41.0. The standard InChI is InChI=1S/C10H18F3N3OS/c1-8-6-16(3-4-17-8)9(14)15-2-5-18-7-10(11,12)13/h8H,2-7H2,1H3,(H2,14,15). The molecule has 1 heterocycles. The van der Waals surface area contributed by atoms with Gasteiger partial charge in [0, 0.05) is 18.8 Å². The Hall–Kier alpha value is -0.630. The number of nitrogens with zero attached hydrogens (tertiary/aromatic N) is 2. The van der Waals surface area contributed by atoms with E-state index in [1.54, 1.807) is 0 Å². The first-order valence-electron chi connectivity index (χ1n) is 5.69. The highest BCUT2D eigenvalue weighted by Gasteiger charge is 2.26. The highest BCUT2D eigenvalue weighted by atomic mass is 32.2. The van der Waals surface area contributed by atoms with Crippen LogP contribution in [0.2, 0.25) is 0 Å². The summed E-state index contributed by atoms with van der Waals surface area (Å²) in [5.74, 6) is -0.130. The Kier molecular flexibility index (Phi) is 6.07. The zero-order chi connectivity index (χ0) is 13.6. The van der Waals surface area contributed by atoms with Crippen LogP contribution in [0.5, 0.6) is 0 Å². The van der Waals surface area contributed by atoms with E-state index in [0.717, 1.165) is 11.8 Å². The van der Waals surface area contributed by atoms with Crippen molar-refractivity contribution < 1.29 is 17.9 Å². The lowest BCUT2D eigenvalue weighted by atomic mass is 10.3. The van der Waals surface area contributed by atoms with Crippen molar-refractivity contribution in [3.05, 3.63) is 0 Å². The third kappa shape index (κ3) is 6.34. The first kappa shape index (κ1) is 15.4. The molecule has 1 fully saturated rings. The van der Waals surface area contributed by atoms with Gasteiger partial charge in [-0.3, -0.25) is 4.99 Å². The molecule has 1 aliphatic rings. The van der Waals surface area contributed by atoms with E-state index in [9.17, 15) is 13.2 Å². The summed E-state index contributed by atoms with van der Waals surface area (Å²) in [4.78, 5) is 5.97. The van der Waals surface area contributed by atoms with Crippen molar-refractivity contribution in [2.24, 2.45) is 10.7 Å². The Morgan fingerprint density at radius 2 is 2.28 bits per heavy atom. The van der Waals surface area contributed by atoms with E-state index in [1.807, 2.05) is 11.8 Å². The fourth-order valence-electron chi connectivity index (χ4n) is 1.54. The topological polar surface area (TPSA) is 50.8 Å². The minimum Gasteiger partial charge on any atom is -0.375 e. The fourth-order valence-corrected chi connectivity index (χ4v) is 2.14. The number of morpholine rings is 1. The molecule has 0 saturated carbocycles. The average Bonchev–Trinajstić information content (AvgIpc) is 2.26. The first-order chi connectivity index (χ1) is 8.38. The molecule has 18 heavy (non-hydrogen) atoms. The molecule has 0 radical (unpaired) electrons. The number of guanidine groups is 1. The Balaban J connectivity index is 2.21. The van der Waals surface area contributed by atoms with Crippen LogP contribution in [-0.2, 0) is 4.74 Å². The summed E-state index contributed by atoms with van der Waals surface area (Å²) in [5, 5.41) is 0. The third-order valence-corrected chi connectivity index (χ3v) is 3.34. The maximum atomic E-state index is 11.9. The van der Waals surface area contributed by atoms with E-state index in [2.05, 4.69) is 4.99 Å². The molecule has 0 aromatic heterocycles. The summed E-state index contributed by atoms with van der Waals surface area (Å²) in [7, 11) is 0. The third-order valence-electron chi connectivity index (χ3n) is 2.34. The van der Waals surface area contributed by atoms with Crippen molar-refractivity contribution in [1.29, 1.82) is 0 Å². The molecular weight excluding hydrogens is 267 g/mol. The molecule has 1 aliphatic heterocycles. The SMILES string of the molecule is CC1CN(C(N)=NCCSCC(F)(F)F)CCO1. The van der Waals surface area contributed by atoms with Crippen molar-refractivity contribution in [3.8, 4) is 0 Å². The van der Waals surface area contributed by atoms with Gasteiger partial charge in [0.2, 0.25) is 0 Å². The number of hydrogen-bond acceptors (Lipinski definition) is 3. The van der Waals surface area contributed by atoms with E-state index in [0.29, 0.717) is 38.0 Å². The van der Waals surface area contributed by atoms with Crippen LogP contribution in [0.4, 0.5) is 13.2 Å². The molecule has 1 atom stereocenters. The summed E-state index contributed by atoms with van der Waals surface area (Å²) >= 11 is 0.819. The van der Waals surface area contributed by atoms with Crippen LogP contribution in [0, 0.1) is 0 Å². The average molecular weight is 285 g/mol. The number of hydrogen-bond donors (Lipinski definition) is 1. The van der Waals surface area contributed by atoms with Gasteiger partial charge in [-0.15, -0.1) is 0 Å². The summed E-state index contributed by atoms with van der Waals surface area (Å²) in [5.41, 5.74) is 5.77. The van der Waals surface area contributed by atoms with Crippen molar-refractivity contribution in [2.45, 2.75) is 19.2 Å². The molecule has 0 aromatic carbocycles. The van der Waals surface area contributed by atoms with Crippen LogP contribution in [0.3, 0.4) is 0 Å².